The first-order valence-corrected chi connectivity index (χ1v) is 6.90. The fraction of sp³-hybridized carbons (Fsp3) is 0.231. The average Bonchev–Trinajstić information content (AvgIpc) is 2.37. The number of nitrogens with zero attached hydrogens (tertiary/aromatic N) is 2. The third kappa shape index (κ3) is 4.14. The van der Waals surface area contributed by atoms with Crippen LogP contribution in [0.5, 0.6) is 0 Å². The Morgan fingerprint density at radius 3 is 2.74 bits per heavy atom. The summed E-state index contributed by atoms with van der Waals surface area (Å²) < 4.78 is 13.6. The number of nitrogens with one attached hydrogen (secondary N) is 1. The summed E-state index contributed by atoms with van der Waals surface area (Å²) in [6.07, 6.45) is 2.36. The molecule has 1 heterocycles. The van der Waals surface area contributed by atoms with E-state index >= 15 is 0 Å². The van der Waals surface area contributed by atoms with Gasteiger partial charge in [0, 0.05) is 12.2 Å². The Morgan fingerprint density at radius 1 is 1.37 bits per heavy atom. The SMILES string of the molecule is CC(Cc1ccc(F)cc1)Nc1nc(Cl)ncc1Br. The first-order valence-electron chi connectivity index (χ1n) is 5.73. The Morgan fingerprint density at radius 2 is 2.05 bits per heavy atom. The largest absolute Gasteiger partial charge is 0.366 e. The van der Waals surface area contributed by atoms with Gasteiger partial charge in [0.25, 0.3) is 0 Å². The van der Waals surface area contributed by atoms with Gasteiger partial charge in [0.05, 0.1) is 4.47 Å². The van der Waals surface area contributed by atoms with Gasteiger partial charge in [-0.15, -0.1) is 0 Å². The molecule has 0 radical (unpaired) electrons. The smallest absolute Gasteiger partial charge is 0.224 e. The van der Waals surface area contributed by atoms with Crippen molar-refractivity contribution < 1.29 is 4.39 Å². The van der Waals surface area contributed by atoms with Gasteiger partial charge in [-0.05, 0) is 58.6 Å². The highest BCUT2D eigenvalue weighted by Crippen LogP contribution is 2.21. The second-order valence-electron chi connectivity index (χ2n) is 4.21. The van der Waals surface area contributed by atoms with Crippen LogP contribution in [0.2, 0.25) is 5.28 Å². The first-order chi connectivity index (χ1) is 9.04. The van der Waals surface area contributed by atoms with Crippen molar-refractivity contribution in [3.05, 3.63) is 51.6 Å². The molecule has 1 aromatic heterocycles. The van der Waals surface area contributed by atoms with Crippen molar-refractivity contribution >= 4 is 33.3 Å². The van der Waals surface area contributed by atoms with Gasteiger partial charge in [0.1, 0.15) is 11.6 Å². The summed E-state index contributed by atoms with van der Waals surface area (Å²) in [4.78, 5) is 7.97. The van der Waals surface area contributed by atoms with Gasteiger partial charge in [-0.1, -0.05) is 12.1 Å². The van der Waals surface area contributed by atoms with Crippen molar-refractivity contribution in [2.24, 2.45) is 0 Å². The number of aromatic nitrogens is 2. The van der Waals surface area contributed by atoms with Gasteiger partial charge in [0.15, 0.2) is 0 Å². The predicted octanol–water partition coefficient (Wildman–Crippen LogP) is 4.07. The zero-order chi connectivity index (χ0) is 13.8. The van der Waals surface area contributed by atoms with Crippen LogP contribution in [0.25, 0.3) is 0 Å². The maximum Gasteiger partial charge on any atom is 0.224 e. The molecule has 0 saturated carbocycles. The first kappa shape index (κ1) is 14.2. The van der Waals surface area contributed by atoms with Crippen molar-refractivity contribution in [1.29, 1.82) is 0 Å². The van der Waals surface area contributed by atoms with Crippen LogP contribution in [-0.2, 0) is 6.42 Å². The van der Waals surface area contributed by atoms with Crippen molar-refractivity contribution in [2.45, 2.75) is 19.4 Å². The van der Waals surface area contributed by atoms with Gasteiger partial charge in [0.2, 0.25) is 5.28 Å². The quantitative estimate of drug-likeness (QED) is 0.850. The topological polar surface area (TPSA) is 37.8 Å². The van der Waals surface area contributed by atoms with E-state index in [4.69, 9.17) is 11.6 Å². The lowest BCUT2D eigenvalue weighted by atomic mass is 10.1. The predicted molar refractivity (Wildman–Crippen MR) is 77.9 cm³/mol. The summed E-state index contributed by atoms with van der Waals surface area (Å²) in [6.45, 7) is 2.02. The van der Waals surface area contributed by atoms with E-state index in [2.05, 4.69) is 31.2 Å². The van der Waals surface area contributed by atoms with Crippen LogP contribution < -0.4 is 5.32 Å². The maximum absolute atomic E-state index is 12.8. The highest BCUT2D eigenvalue weighted by molar-refractivity contribution is 9.10. The fourth-order valence-electron chi connectivity index (χ4n) is 1.71. The molecule has 1 unspecified atom stereocenters. The number of benzene rings is 1. The molecular formula is C13H12BrClFN3. The molecule has 1 N–H and O–H groups in total. The summed E-state index contributed by atoms with van der Waals surface area (Å²) in [5.74, 6) is 0.421. The third-order valence-electron chi connectivity index (χ3n) is 2.55. The van der Waals surface area contributed by atoms with Crippen molar-refractivity contribution in [3.8, 4) is 0 Å². The molecule has 2 rings (SSSR count). The Labute approximate surface area is 124 Å². The van der Waals surface area contributed by atoms with Crippen molar-refractivity contribution in [3.63, 3.8) is 0 Å². The normalized spacial score (nSPS) is 12.2. The molecule has 0 aliphatic carbocycles. The maximum atomic E-state index is 12.8. The highest BCUT2D eigenvalue weighted by Gasteiger charge is 2.08. The zero-order valence-electron chi connectivity index (χ0n) is 10.2. The minimum Gasteiger partial charge on any atom is -0.366 e. The van der Waals surface area contributed by atoms with Crippen LogP contribution in [0.4, 0.5) is 10.2 Å². The van der Waals surface area contributed by atoms with E-state index in [-0.39, 0.29) is 17.1 Å². The molecule has 1 atom stereocenters. The highest BCUT2D eigenvalue weighted by atomic mass is 79.9. The van der Waals surface area contributed by atoms with E-state index in [1.54, 1.807) is 18.3 Å². The molecule has 0 bridgehead atoms. The average molecular weight is 345 g/mol. The van der Waals surface area contributed by atoms with Crippen LogP contribution in [0.1, 0.15) is 12.5 Å². The van der Waals surface area contributed by atoms with E-state index < -0.39 is 0 Å². The Hall–Kier alpha value is -1.20. The Bertz CT molecular complexity index is 562. The Kier molecular flexibility index (Phi) is 4.71. The number of hydrogen-bond acceptors (Lipinski definition) is 3. The molecule has 6 heteroatoms. The molecule has 0 fully saturated rings. The molecule has 0 aliphatic rings. The summed E-state index contributed by atoms with van der Waals surface area (Å²) >= 11 is 9.11. The lowest BCUT2D eigenvalue weighted by Crippen LogP contribution is -2.19. The lowest BCUT2D eigenvalue weighted by Gasteiger charge is -2.15. The molecule has 0 spiro atoms. The molecule has 2 aromatic rings. The number of halogens is 3. The molecule has 0 saturated heterocycles. The van der Waals surface area contributed by atoms with Crippen LogP contribution >= 0.6 is 27.5 Å². The minimum absolute atomic E-state index is 0.132. The standard InChI is InChI=1S/C13H12BrClFN3/c1-8(6-9-2-4-10(16)5-3-9)18-12-11(14)7-17-13(15)19-12/h2-5,7-8H,6H2,1H3,(H,17,18,19). The van der Waals surface area contributed by atoms with Gasteiger partial charge >= 0.3 is 0 Å². The van der Waals surface area contributed by atoms with Crippen LogP contribution in [0, 0.1) is 5.82 Å². The lowest BCUT2D eigenvalue weighted by molar-refractivity contribution is 0.626. The van der Waals surface area contributed by atoms with Gasteiger partial charge in [-0.25, -0.2) is 9.37 Å². The van der Waals surface area contributed by atoms with E-state index in [1.807, 2.05) is 6.92 Å². The van der Waals surface area contributed by atoms with Crippen LogP contribution in [0.15, 0.2) is 34.9 Å². The molecule has 0 aliphatic heterocycles. The summed E-state index contributed by atoms with van der Waals surface area (Å²) in [6, 6.07) is 6.59. The summed E-state index contributed by atoms with van der Waals surface area (Å²) in [7, 11) is 0. The van der Waals surface area contributed by atoms with Gasteiger partial charge < -0.3 is 5.32 Å². The van der Waals surface area contributed by atoms with E-state index in [0.29, 0.717) is 5.82 Å². The van der Waals surface area contributed by atoms with Crippen molar-refractivity contribution in [2.75, 3.05) is 5.32 Å². The molecule has 1 aromatic carbocycles. The van der Waals surface area contributed by atoms with E-state index in [0.717, 1.165) is 16.5 Å². The third-order valence-corrected chi connectivity index (χ3v) is 3.32. The second-order valence-corrected chi connectivity index (χ2v) is 5.40. The minimum atomic E-state index is -0.227. The number of hydrogen-bond donors (Lipinski definition) is 1. The molecule has 19 heavy (non-hydrogen) atoms. The zero-order valence-corrected chi connectivity index (χ0v) is 12.5. The van der Waals surface area contributed by atoms with E-state index in [9.17, 15) is 4.39 Å². The van der Waals surface area contributed by atoms with Gasteiger partial charge in [-0.3, -0.25) is 0 Å². The number of rotatable bonds is 4. The second kappa shape index (κ2) is 6.30. The van der Waals surface area contributed by atoms with Crippen LogP contribution in [0.3, 0.4) is 0 Å². The van der Waals surface area contributed by atoms with Crippen molar-refractivity contribution in [1.82, 2.24) is 9.97 Å². The number of anilines is 1. The van der Waals surface area contributed by atoms with E-state index in [1.165, 1.54) is 12.1 Å². The van der Waals surface area contributed by atoms with Crippen LogP contribution in [-0.4, -0.2) is 16.0 Å². The molecule has 3 nitrogen and oxygen atoms in total. The van der Waals surface area contributed by atoms with Gasteiger partial charge in [-0.2, -0.15) is 4.98 Å². The fourth-order valence-corrected chi connectivity index (χ4v) is 2.14. The Balaban J connectivity index is 2.02. The summed E-state index contributed by atoms with van der Waals surface area (Å²) in [5.41, 5.74) is 1.05. The molecular weight excluding hydrogens is 333 g/mol. The molecule has 100 valence electrons. The monoisotopic (exact) mass is 343 g/mol. The summed E-state index contributed by atoms with van der Waals surface area (Å²) in [5, 5.41) is 3.43. The molecule has 0 amide bonds.